The van der Waals surface area contributed by atoms with E-state index in [9.17, 15) is 27.2 Å². The lowest BCUT2D eigenvalue weighted by Crippen LogP contribution is -2.12. The first-order chi connectivity index (χ1) is 21.1. The number of hydrogen-bond acceptors (Lipinski definition) is 8. The lowest BCUT2D eigenvalue weighted by molar-refractivity contribution is 0.165. The second-order valence-electron chi connectivity index (χ2n) is 10.2. The van der Waals surface area contributed by atoms with E-state index in [1.165, 1.54) is 48.5 Å². The summed E-state index contributed by atoms with van der Waals surface area (Å²) in [5, 5.41) is 12.3. The van der Waals surface area contributed by atoms with Gasteiger partial charge in [-0.25, -0.2) is 9.59 Å². The fourth-order valence-corrected chi connectivity index (χ4v) is 3.88. The molecule has 44 heavy (non-hydrogen) atoms. The first-order valence-electron chi connectivity index (χ1n) is 13.6. The molecule has 230 valence electrons. The van der Waals surface area contributed by atoms with Crippen LogP contribution in [0.2, 0.25) is 0 Å². The van der Waals surface area contributed by atoms with Crippen molar-refractivity contribution in [1.29, 1.82) is 0 Å². The molecular formula is C30H26F4N4O6. The van der Waals surface area contributed by atoms with Crippen molar-refractivity contribution in [3.63, 3.8) is 0 Å². The average Bonchev–Trinajstić information content (AvgIpc) is 3.93. The van der Waals surface area contributed by atoms with Crippen LogP contribution in [0.15, 0.2) is 58.8 Å². The molecule has 3 aromatic carbocycles. The molecule has 14 heteroatoms. The summed E-state index contributed by atoms with van der Waals surface area (Å²) in [4.78, 5) is 33.3. The van der Waals surface area contributed by atoms with Crippen LogP contribution in [-0.2, 0) is 9.68 Å². The Morgan fingerprint density at radius 3 is 1.23 bits per heavy atom. The van der Waals surface area contributed by atoms with Crippen LogP contribution in [0.25, 0.3) is 0 Å². The lowest BCUT2D eigenvalue weighted by Gasteiger charge is -2.14. The van der Waals surface area contributed by atoms with E-state index >= 15 is 0 Å². The Hall–Kier alpha value is -5.14. The van der Waals surface area contributed by atoms with E-state index in [0.717, 1.165) is 25.7 Å². The highest BCUT2D eigenvalue weighted by molar-refractivity contribution is 5.89. The number of nitrogens with zero attached hydrogens (tertiary/aromatic N) is 2. The van der Waals surface area contributed by atoms with Crippen LogP contribution >= 0.6 is 0 Å². The normalized spacial score (nSPS) is 15.0. The predicted octanol–water partition coefficient (Wildman–Crippen LogP) is 8.50. The van der Waals surface area contributed by atoms with Crippen molar-refractivity contribution in [3.8, 4) is 23.0 Å². The molecule has 5 rings (SSSR count). The van der Waals surface area contributed by atoms with E-state index in [4.69, 9.17) is 19.1 Å². The second-order valence-corrected chi connectivity index (χ2v) is 10.2. The molecule has 0 spiro atoms. The number of amides is 2. The Kier molecular flexibility index (Phi) is 8.97. The number of nitrogens with one attached hydrogen (secondary N) is 2. The van der Waals surface area contributed by atoms with Crippen molar-refractivity contribution < 1.29 is 46.3 Å². The van der Waals surface area contributed by atoms with Crippen molar-refractivity contribution in [1.82, 2.24) is 0 Å². The Morgan fingerprint density at radius 2 is 0.932 bits per heavy atom. The summed E-state index contributed by atoms with van der Waals surface area (Å²) in [6.45, 7) is 3.51. The summed E-state index contributed by atoms with van der Waals surface area (Å²) in [7, 11) is 0. The van der Waals surface area contributed by atoms with E-state index in [1.54, 1.807) is 13.8 Å². The highest BCUT2D eigenvalue weighted by Crippen LogP contribution is 2.39. The minimum atomic E-state index is -1.84. The van der Waals surface area contributed by atoms with Crippen LogP contribution < -0.4 is 20.1 Å². The van der Waals surface area contributed by atoms with Crippen LogP contribution in [0.5, 0.6) is 23.0 Å². The van der Waals surface area contributed by atoms with Gasteiger partial charge in [0.2, 0.25) is 34.8 Å². The molecule has 0 unspecified atom stereocenters. The molecule has 2 N–H and O–H groups in total. The van der Waals surface area contributed by atoms with Crippen molar-refractivity contribution >= 4 is 35.0 Å². The van der Waals surface area contributed by atoms with E-state index in [2.05, 4.69) is 20.9 Å². The van der Waals surface area contributed by atoms with Gasteiger partial charge >= 0.3 is 12.2 Å². The number of rotatable bonds is 10. The van der Waals surface area contributed by atoms with E-state index in [0.29, 0.717) is 23.3 Å². The zero-order valence-corrected chi connectivity index (χ0v) is 23.5. The Morgan fingerprint density at radius 1 is 0.614 bits per heavy atom. The SMILES string of the molecule is C/C(=N/OC(=O)Nc1ccc(Oc2c(F)c(F)c(Oc3ccc(NC(=O)O/N=C(\C)C4CC4)cc3)c(F)c2F)cc1)C1CC1. The molecule has 0 atom stereocenters. The summed E-state index contributed by atoms with van der Waals surface area (Å²) >= 11 is 0. The standard InChI is InChI=1S/C30H26F4N4O6/c1-15(17-3-4-17)37-43-29(39)35-19-7-11-21(12-8-19)41-27-23(31)25(33)28(26(34)24(27)32)42-22-13-9-20(10-14-22)36-30(40)44-38-16(2)18-5-6-18/h7-14,17-18H,3-6H2,1-2H3,(H,35,39)(H,36,40)/b37-15-,38-16+. The topological polar surface area (TPSA) is 120 Å². The third kappa shape index (κ3) is 7.62. The van der Waals surface area contributed by atoms with Gasteiger partial charge in [0.05, 0.1) is 11.4 Å². The summed E-state index contributed by atoms with van der Waals surface area (Å²) < 4.78 is 69.3. The van der Waals surface area contributed by atoms with Gasteiger partial charge in [0.25, 0.3) is 0 Å². The maximum Gasteiger partial charge on any atom is 0.437 e. The quantitative estimate of drug-likeness (QED) is 0.0777. The number of halogens is 4. The minimum absolute atomic E-state index is 0.188. The predicted molar refractivity (Wildman–Crippen MR) is 151 cm³/mol. The number of carbonyl (C=O) groups is 2. The van der Waals surface area contributed by atoms with E-state index in [1.807, 2.05) is 0 Å². The molecule has 0 aliphatic heterocycles. The van der Waals surface area contributed by atoms with Gasteiger partial charge in [-0.2, -0.15) is 17.6 Å². The molecule has 0 aromatic heterocycles. The molecule has 2 aliphatic carbocycles. The summed E-state index contributed by atoms with van der Waals surface area (Å²) in [5.74, 6) is -9.75. The number of ether oxygens (including phenoxy) is 2. The van der Waals surface area contributed by atoms with Gasteiger partial charge in [-0.3, -0.25) is 20.3 Å². The van der Waals surface area contributed by atoms with Gasteiger partial charge in [-0.05, 0) is 88.1 Å². The second kappa shape index (κ2) is 13.0. The summed E-state index contributed by atoms with van der Waals surface area (Å²) in [6, 6.07) is 10.1. The molecule has 2 fully saturated rings. The molecule has 2 aliphatic rings. The van der Waals surface area contributed by atoms with Crippen molar-refractivity contribution in [2.45, 2.75) is 39.5 Å². The molecule has 10 nitrogen and oxygen atoms in total. The van der Waals surface area contributed by atoms with E-state index in [-0.39, 0.29) is 22.9 Å². The highest BCUT2D eigenvalue weighted by Gasteiger charge is 2.29. The van der Waals surface area contributed by atoms with Gasteiger partial charge in [0.15, 0.2) is 0 Å². The molecule has 3 aromatic rings. The third-order valence-corrected chi connectivity index (χ3v) is 6.71. The van der Waals surface area contributed by atoms with Gasteiger partial charge in [-0.1, -0.05) is 10.3 Å². The minimum Gasteiger partial charge on any atom is -0.451 e. The Balaban J connectivity index is 1.20. The van der Waals surface area contributed by atoms with Gasteiger partial charge in [0, 0.05) is 23.2 Å². The number of anilines is 2. The van der Waals surface area contributed by atoms with Crippen molar-refractivity contribution in [2.75, 3.05) is 10.6 Å². The fourth-order valence-electron chi connectivity index (χ4n) is 3.88. The Labute approximate surface area is 248 Å². The molecule has 0 saturated heterocycles. The zero-order valence-electron chi connectivity index (χ0n) is 23.5. The molecular weight excluding hydrogens is 588 g/mol. The average molecular weight is 615 g/mol. The van der Waals surface area contributed by atoms with Crippen LogP contribution in [0.3, 0.4) is 0 Å². The molecule has 0 heterocycles. The molecule has 2 saturated carbocycles. The highest BCUT2D eigenvalue weighted by atomic mass is 19.2. The number of carbonyl (C=O) groups excluding carboxylic acids is 2. The van der Waals surface area contributed by atoms with Crippen LogP contribution in [0.4, 0.5) is 38.5 Å². The lowest BCUT2D eigenvalue weighted by atomic mass is 10.2. The van der Waals surface area contributed by atoms with Gasteiger partial charge in [-0.15, -0.1) is 0 Å². The number of hydrogen-bond donors (Lipinski definition) is 2. The van der Waals surface area contributed by atoms with E-state index < -0.39 is 47.0 Å². The largest absolute Gasteiger partial charge is 0.451 e. The van der Waals surface area contributed by atoms with Crippen LogP contribution in [0, 0.1) is 35.1 Å². The van der Waals surface area contributed by atoms with Gasteiger partial charge < -0.3 is 9.47 Å². The Bertz CT molecular complexity index is 1470. The monoisotopic (exact) mass is 614 g/mol. The van der Waals surface area contributed by atoms with Crippen LogP contribution in [0.1, 0.15) is 39.5 Å². The molecule has 2 amide bonds. The molecule has 0 bridgehead atoms. The first-order valence-corrected chi connectivity index (χ1v) is 13.6. The number of benzene rings is 3. The zero-order chi connectivity index (χ0) is 31.4. The van der Waals surface area contributed by atoms with Crippen molar-refractivity contribution in [3.05, 3.63) is 71.8 Å². The summed E-state index contributed by atoms with van der Waals surface area (Å²) in [5.41, 5.74) is 1.88. The van der Waals surface area contributed by atoms with Gasteiger partial charge in [0.1, 0.15) is 11.5 Å². The fraction of sp³-hybridized carbons (Fsp3) is 0.267. The van der Waals surface area contributed by atoms with Crippen LogP contribution in [-0.4, -0.2) is 23.6 Å². The third-order valence-electron chi connectivity index (χ3n) is 6.71. The van der Waals surface area contributed by atoms with Crippen molar-refractivity contribution in [2.24, 2.45) is 22.1 Å². The maximum atomic E-state index is 14.8. The number of oxime groups is 2. The molecule has 0 radical (unpaired) electrons. The first kappa shape index (κ1) is 30.3. The smallest absolute Gasteiger partial charge is 0.437 e. The maximum absolute atomic E-state index is 14.8. The summed E-state index contributed by atoms with van der Waals surface area (Å²) in [6.07, 6.45) is 2.28.